The van der Waals surface area contributed by atoms with Crippen molar-refractivity contribution in [2.45, 2.75) is 32.7 Å². The number of rotatable bonds is 6. The molecule has 7 nitrogen and oxygen atoms in total. The fourth-order valence-corrected chi connectivity index (χ4v) is 1.22. The third-order valence-electron chi connectivity index (χ3n) is 2.30. The molecule has 0 aliphatic carbocycles. The van der Waals surface area contributed by atoms with E-state index in [2.05, 4.69) is 27.5 Å². The first-order valence-corrected chi connectivity index (χ1v) is 5.96. The van der Waals surface area contributed by atoms with E-state index in [4.69, 9.17) is 0 Å². The molecule has 0 fully saturated rings. The smallest absolute Gasteiger partial charge is 0.334 e. The molecule has 0 aromatic carbocycles. The second-order valence-electron chi connectivity index (χ2n) is 4.22. The molecule has 3 amide bonds. The molecule has 0 aromatic rings. The summed E-state index contributed by atoms with van der Waals surface area (Å²) in [6.07, 6.45) is 2.35. The minimum Gasteiger partial charge on any atom is -0.467 e. The van der Waals surface area contributed by atoms with Crippen molar-refractivity contribution in [3.63, 3.8) is 0 Å². The molecule has 19 heavy (non-hydrogen) atoms. The van der Waals surface area contributed by atoms with Gasteiger partial charge in [0.25, 0.3) is 0 Å². The Morgan fingerprint density at radius 3 is 2.37 bits per heavy atom. The van der Waals surface area contributed by atoms with Crippen molar-refractivity contribution in [2.24, 2.45) is 5.92 Å². The molecule has 3 N–H and O–H groups in total. The summed E-state index contributed by atoms with van der Waals surface area (Å²) in [5, 5.41) is 2.42. The fourth-order valence-electron chi connectivity index (χ4n) is 1.22. The zero-order valence-corrected chi connectivity index (χ0v) is 11.5. The van der Waals surface area contributed by atoms with Gasteiger partial charge in [0.1, 0.15) is 6.04 Å². The third kappa shape index (κ3) is 7.07. The highest BCUT2D eigenvalue weighted by Gasteiger charge is 2.24. The molecule has 0 unspecified atom stereocenters. The van der Waals surface area contributed by atoms with Crippen LogP contribution in [0.25, 0.3) is 0 Å². The van der Waals surface area contributed by atoms with E-state index in [9.17, 15) is 14.4 Å². The summed E-state index contributed by atoms with van der Waals surface area (Å²) >= 11 is 0. The third-order valence-corrected chi connectivity index (χ3v) is 2.30. The Kier molecular flexibility index (Phi) is 7.99. The largest absolute Gasteiger partial charge is 0.467 e. The maximum atomic E-state index is 11.5. The van der Waals surface area contributed by atoms with Crippen LogP contribution in [0.4, 0.5) is 4.79 Å². The predicted octanol–water partition coefficient (Wildman–Crippen LogP) is 0.481. The molecule has 0 saturated heterocycles. The van der Waals surface area contributed by atoms with Gasteiger partial charge >= 0.3 is 12.0 Å². The number of carbonyl (C=O) groups is 3. The molecule has 0 aromatic heterocycles. The van der Waals surface area contributed by atoms with Crippen LogP contribution in [0.1, 0.15) is 26.7 Å². The number of methoxy groups -OCH3 is 1. The number of esters is 1. The van der Waals surface area contributed by atoms with Gasteiger partial charge in [-0.05, 0) is 12.3 Å². The number of nitrogens with one attached hydrogen (secondary N) is 3. The fraction of sp³-hybridized carbons (Fsp3) is 0.583. The normalized spacial score (nSPS) is 11.4. The molecule has 0 heterocycles. The molecule has 0 spiro atoms. The Balaban J connectivity index is 4.17. The second kappa shape index (κ2) is 8.96. The Labute approximate surface area is 112 Å². The second-order valence-corrected chi connectivity index (χ2v) is 4.22. The quantitative estimate of drug-likeness (QED) is 0.372. The van der Waals surface area contributed by atoms with Crippen molar-refractivity contribution in [3.05, 3.63) is 12.7 Å². The van der Waals surface area contributed by atoms with Gasteiger partial charge in [-0.25, -0.2) is 15.0 Å². The molecular weight excluding hydrogens is 250 g/mol. The topological polar surface area (TPSA) is 96.5 Å². The van der Waals surface area contributed by atoms with Gasteiger partial charge in [-0.2, -0.15) is 0 Å². The van der Waals surface area contributed by atoms with Crippen LogP contribution in [0.5, 0.6) is 0 Å². The minimum atomic E-state index is -0.768. The van der Waals surface area contributed by atoms with E-state index in [0.717, 1.165) is 0 Å². The summed E-state index contributed by atoms with van der Waals surface area (Å²) in [4.78, 5) is 34.1. The molecule has 0 saturated carbocycles. The Morgan fingerprint density at radius 2 is 1.89 bits per heavy atom. The van der Waals surface area contributed by atoms with Gasteiger partial charge in [0.15, 0.2) is 0 Å². The number of allylic oxidation sites excluding steroid dienone is 1. The maximum absolute atomic E-state index is 11.5. The van der Waals surface area contributed by atoms with Crippen molar-refractivity contribution >= 4 is 17.9 Å². The first-order valence-electron chi connectivity index (χ1n) is 5.96. The van der Waals surface area contributed by atoms with Gasteiger partial charge in [0.05, 0.1) is 7.11 Å². The highest BCUT2D eigenvalue weighted by Crippen LogP contribution is 2.02. The lowest BCUT2D eigenvalue weighted by atomic mass is 10.1. The van der Waals surface area contributed by atoms with Gasteiger partial charge in [0.2, 0.25) is 5.91 Å². The van der Waals surface area contributed by atoms with Crippen LogP contribution in [-0.2, 0) is 14.3 Å². The van der Waals surface area contributed by atoms with Crippen molar-refractivity contribution in [3.8, 4) is 0 Å². The van der Waals surface area contributed by atoms with E-state index in [1.54, 1.807) is 19.9 Å². The Hall–Kier alpha value is -2.05. The summed E-state index contributed by atoms with van der Waals surface area (Å²) in [5.41, 5.74) is 4.38. The molecule has 7 heteroatoms. The molecule has 108 valence electrons. The number of amides is 3. The van der Waals surface area contributed by atoms with Crippen LogP contribution < -0.4 is 16.2 Å². The standard InChI is InChI=1S/C12H21N3O4/c1-5-6-7-9(16)14-15-12(18)13-10(8(2)3)11(17)19-4/h5,8,10H,1,6-7H2,2-4H3,(H,14,16)(H2,13,15,18)/t10-/m0/s1. The monoisotopic (exact) mass is 271 g/mol. The average molecular weight is 271 g/mol. The summed E-state index contributed by atoms with van der Waals surface area (Å²) in [6.45, 7) is 7.02. The van der Waals surface area contributed by atoms with Crippen LogP contribution in [0, 0.1) is 5.92 Å². The van der Waals surface area contributed by atoms with Crippen LogP contribution in [0.3, 0.4) is 0 Å². The van der Waals surface area contributed by atoms with Crippen molar-refractivity contribution < 1.29 is 19.1 Å². The summed E-state index contributed by atoms with van der Waals surface area (Å²) in [6, 6.07) is -1.44. The minimum absolute atomic E-state index is 0.130. The van der Waals surface area contributed by atoms with Gasteiger partial charge in [-0.15, -0.1) is 6.58 Å². The number of hydrogen-bond acceptors (Lipinski definition) is 4. The number of urea groups is 1. The van der Waals surface area contributed by atoms with Gasteiger partial charge in [0, 0.05) is 6.42 Å². The highest BCUT2D eigenvalue weighted by atomic mass is 16.5. The molecule has 0 aliphatic rings. The first-order chi connectivity index (χ1) is 8.92. The molecular formula is C12H21N3O4. The van der Waals surface area contributed by atoms with Gasteiger partial charge in [-0.3, -0.25) is 10.2 Å². The van der Waals surface area contributed by atoms with Crippen molar-refractivity contribution in [1.82, 2.24) is 16.2 Å². The lowest BCUT2D eigenvalue weighted by Crippen LogP contribution is -2.53. The van der Waals surface area contributed by atoms with E-state index >= 15 is 0 Å². The molecule has 0 bridgehead atoms. The van der Waals surface area contributed by atoms with E-state index in [1.807, 2.05) is 0 Å². The van der Waals surface area contributed by atoms with E-state index < -0.39 is 18.0 Å². The van der Waals surface area contributed by atoms with Crippen LogP contribution in [0.2, 0.25) is 0 Å². The zero-order valence-electron chi connectivity index (χ0n) is 11.5. The van der Waals surface area contributed by atoms with E-state index in [1.165, 1.54) is 7.11 Å². The number of hydrazine groups is 1. The van der Waals surface area contributed by atoms with Crippen LogP contribution >= 0.6 is 0 Å². The van der Waals surface area contributed by atoms with Crippen molar-refractivity contribution in [2.75, 3.05) is 7.11 Å². The van der Waals surface area contributed by atoms with Gasteiger partial charge in [-0.1, -0.05) is 19.9 Å². The highest BCUT2D eigenvalue weighted by molar-refractivity contribution is 5.85. The first kappa shape index (κ1) is 16.9. The predicted molar refractivity (Wildman–Crippen MR) is 69.9 cm³/mol. The molecule has 0 rings (SSSR count). The number of hydrogen-bond donors (Lipinski definition) is 3. The van der Waals surface area contributed by atoms with E-state index in [0.29, 0.717) is 6.42 Å². The van der Waals surface area contributed by atoms with Crippen LogP contribution in [0.15, 0.2) is 12.7 Å². The summed E-state index contributed by atoms with van der Waals surface area (Å²) < 4.78 is 4.57. The van der Waals surface area contributed by atoms with Gasteiger partial charge < -0.3 is 10.1 Å². The van der Waals surface area contributed by atoms with Crippen molar-refractivity contribution in [1.29, 1.82) is 0 Å². The lowest BCUT2D eigenvalue weighted by molar-refractivity contribution is -0.143. The Bertz CT molecular complexity index is 342. The Morgan fingerprint density at radius 1 is 1.26 bits per heavy atom. The maximum Gasteiger partial charge on any atom is 0.334 e. The lowest BCUT2D eigenvalue weighted by Gasteiger charge is -2.20. The molecule has 0 aliphatic heterocycles. The number of ether oxygens (including phenoxy) is 1. The summed E-state index contributed by atoms with van der Waals surface area (Å²) in [5.74, 6) is -1.01. The SMILES string of the molecule is C=CCCC(=O)NNC(=O)N[C@H](C(=O)OC)C(C)C. The average Bonchev–Trinajstić information content (AvgIpc) is 2.38. The molecule has 1 atom stereocenters. The number of carbonyl (C=O) groups excluding carboxylic acids is 3. The summed E-state index contributed by atoms with van der Waals surface area (Å²) in [7, 11) is 1.24. The zero-order chi connectivity index (χ0) is 14.8. The van der Waals surface area contributed by atoms with Crippen LogP contribution in [-0.4, -0.2) is 31.1 Å². The molecule has 0 radical (unpaired) electrons. The van der Waals surface area contributed by atoms with E-state index in [-0.39, 0.29) is 18.2 Å².